The molecule has 1 spiro atoms. The Morgan fingerprint density at radius 2 is 2.12 bits per heavy atom. The Kier molecular flexibility index (Phi) is 6.85. The summed E-state index contributed by atoms with van der Waals surface area (Å²) in [5, 5.41) is 8.12. The number of benzene rings is 1. The highest BCUT2D eigenvalue weighted by molar-refractivity contribution is 7.93. The second-order valence-electron chi connectivity index (χ2n) is 7.70. The lowest BCUT2D eigenvalue weighted by Gasteiger charge is -2.35. The molecule has 1 aliphatic carbocycles. The molecule has 32 heavy (non-hydrogen) atoms. The van der Waals surface area contributed by atoms with Gasteiger partial charge in [0.05, 0.1) is 36.4 Å². The largest absolute Gasteiger partial charge is 0.478 e. The van der Waals surface area contributed by atoms with Gasteiger partial charge in [0.15, 0.2) is 5.79 Å². The average Bonchev–Trinajstić information content (AvgIpc) is 3.07. The summed E-state index contributed by atoms with van der Waals surface area (Å²) in [5.74, 6) is -4.09. The van der Waals surface area contributed by atoms with Crippen molar-refractivity contribution in [3.05, 3.63) is 40.7 Å². The van der Waals surface area contributed by atoms with Gasteiger partial charge in [-0.05, 0) is 37.1 Å². The first kappa shape index (κ1) is 24.4. The number of carboxylic acid groups (broad SMARTS) is 1. The number of ether oxygens (including phenoxy) is 3. The normalized spacial score (nSPS) is 27.8. The van der Waals surface area contributed by atoms with Gasteiger partial charge in [-0.25, -0.2) is 17.6 Å². The highest BCUT2D eigenvalue weighted by atomic mass is 35.5. The molecule has 176 valence electrons. The second-order valence-corrected chi connectivity index (χ2v) is 9.97. The van der Waals surface area contributed by atoms with Crippen molar-refractivity contribution in [2.45, 2.75) is 49.2 Å². The van der Waals surface area contributed by atoms with E-state index < -0.39 is 50.0 Å². The van der Waals surface area contributed by atoms with Gasteiger partial charge in [0.25, 0.3) is 0 Å². The SMILES string of the molecule is CC[C@]1(CC(=O)OC)COC2(C=C(C(=O)O)C(S(=O)(=O)Nc3ccc(F)cc3Cl)CC2)O1. The van der Waals surface area contributed by atoms with Crippen molar-refractivity contribution in [2.24, 2.45) is 0 Å². The van der Waals surface area contributed by atoms with E-state index in [1.54, 1.807) is 6.92 Å². The van der Waals surface area contributed by atoms with Crippen LogP contribution in [0.3, 0.4) is 0 Å². The topological polar surface area (TPSA) is 128 Å². The van der Waals surface area contributed by atoms with E-state index in [4.69, 9.17) is 25.8 Å². The van der Waals surface area contributed by atoms with Gasteiger partial charge in [0, 0.05) is 6.42 Å². The van der Waals surface area contributed by atoms with Gasteiger partial charge in [-0.15, -0.1) is 0 Å². The van der Waals surface area contributed by atoms with Crippen molar-refractivity contribution in [2.75, 3.05) is 18.4 Å². The molecule has 0 bridgehead atoms. The molecule has 2 unspecified atom stereocenters. The van der Waals surface area contributed by atoms with Crippen LogP contribution in [0.25, 0.3) is 0 Å². The molecule has 1 fully saturated rings. The zero-order valence-corrected chi connectivity index (χ0v) is 19.0. The van der Waals surface area contributed by atoms with Crippen LogP contribution in [0, 0.1) is 5.82 Å². The van der Waals surface area contributed by atoms with Gasteiger partial charge in [-0.2, -0.15) is 0 Å². The molecule has 1 aromatic rings. The van der Waals surface area contributed by atoms with E-state index in [0.717, 1.165) is 24.3 Å². The van der Waals surface area contributed by atoms with Crippen molar-refractivity contribution >= 4 is 39.3 Å². The molecule has 1 heterocycles. The summed E-state index contributed by atoms with van der Waals surface area (Å²) in [6, 6.07) is 3.11. The monoisotopic (exact) mass is 491 g/mol. The van der Waals surface area contributed by atoms with E-state index in [0.29, 0.717) is 6.42 Å². The average molecular weight is 492 g/mol. The number of carbonyl (C=O) groups is 2. The molecule has 0 amide bonds. The van der Waals surface area contributed by atoms with Gasteiger partial charge in [0.2, 0.25) is 10.0 Å². The number of methoxy groups -OCH3 is 1. The molecule has 0 saturated carbocycles. The molecule has 0 radical (unpaired) electrons. The lowest BCUT2D eigenvalue weighted by atomic mass is 9.93. The number of hydrogen-bond acceptors (Lipinski definition) is 7. The number of rotatable bonds is 7. The summed E-state index contributed by atoms with van der Waals surface area (Å²) in [7, 11) is -3.01. The van der Waals surface area contributed by atoms with Crippen LogP contribution in [0.5, 0.6) is 0 Å². The lowest BCUT2D eigenvalue weighted by Crippen LogP contribution is -2.44. The summed E-state index contributed by atoms with van der Waals surface area (Å²) < 4.78 is 58.0. The fraction of sp³-hybridized carbons (Fsp3) is 0.500. The molecule has 1 aromatic carbocycles. The summed E-state index contributed by atoms with van der Waals surface area (Å²) in [4.78, 5) is 23.7. The zero-order valence-electron chi connectivity index (χ0n) is 17.4. The number of hydrogen-bond donors (Lipinski definition) is 2. The highest BCUT2D eigenvalue weighted by Crippen LogP contribution is 2.44. The third kappa shape index (κ3) is 4.90. The number of anilines is 1. The molecule has 0 aromatic heterocycles. The van der Waals surface area contributed by atoms with Crippen LogP contribution >= 0.6 is 11.6 Å². The molecular formula is C20H23ClFNO8S. The van der Waals surface area contributed by atoms with Gasteiger partial charge < -0.3 is 19.3 Å². The van der Waals surface area contributed by atoms with E-state index in [9.17, 15) is 27.5 Å². The molecule has 12 heteroatoms. The standard InChI is InChI=1S/C20H23ClFNO8S/c1-3-19(10-17(24)29-2)11-30-20(31-19)7-6-16(13(9-20)18(25)26)32(27,28)23-15-5-4-12(22)8-14(15)21/h4-5,8-9,16,23H,3,6-7,10-11H2,1-2H3,(H,25,26)/t16?,19-,20?/m0/s1. The fourth-order valence-electron chi connectivity index (χ4n) is 3.80. The predicted octanol–water partition coefficient (Wildman–Crippen LogP) is 2.85. The Morgan fingerprint density at radius 1 is 1.41 bits per heavy atom. The Labute approximate surface area is 189 Å². The second kappa shape index (κ2) is 8.97. The fourth-order valence-corrected chi connectivity index (χ4v) is 5.63. The minimum Gasteiger partial charge on any atom is -0.478 e. The third-order valence-corrected chi connectivity index (χ3v) is 7.65. The maximum Gasteiger partial charge on any atom is 0.332 e. The number of sulfonamides is 1. The van der Waals surface area contributed by atoms with Crippen molar-refractivity contribution in [1.29, 1.82) is 0 Å². The van der Waals surface area contributed by atoms with Gasteiger partial charge in [0.1, 0.15) is 16.7 Å². The number of carboxylic acids is 1. The Morgan fingerprint density at radius 3 is 2.72 bits per heavy atom. The van der Waals surface area contributed by atoms with Crippen LogP contribution < -0.4 is 4.72 Å². The van der Waals surface area contributed by atoms with Crippen LogP contribution in [0.1, 0.15) is 32.6 Å². The number of nitrogens with one attached hydrogen (secondary N) is 1. The van der Waals surface area contributed by atoms with Crippen LogP contribution in [-0.4, -0.2) is 55.8 Å². The molecule has 3 atom stereocenters. The first-order valence-electron chi connectivity index (χ1n) is 9.78. The molecule has 1 saturated heterocycles. The predicted molar refractivity (Wildman–Crippen MR) is 112 cm³/mol. The summed E-state index contributed by atoms with van der Waals surface area (Å²) in [6.45, 7) is 1.81. The number of aliphatic carboxylic acids is 1. The maximum absolute atomic E-state index is 13.3. The van der Waals surface area contributed by atoms with E-state index in [2.05, 4.69) is 4.72 Å². The van der Waals surface area contributed by atoms with Crippen molar-refractivity contribution < 1.29 is 41.7 Å². The van der Waals surface area contributed by atoms with Crippen molar-refractivity contribution in [3.63, 3.8) is 0 Å². The van der Waals surface area contributed by atoms with Crippen LogP contribution in [0.4, 0.5) is 10.1 Å². The minimum atomic E-state index is -4.26. The third-order valence-electron chi connectivity index (χ3n) is 5.59. The Balaban J connectivity index is 1.89. The Bertz CT molecular complexity index is 1060. The smallest absolute Gasteiger partial charge is 0.332 e. The van der Waals surface area contributed by atoms with Gasteiger partial charge in [-0.1, -0.05) is 18.5 Å². The lowest BCUT2D eigenvalue weighted by molar-refractivity contribution is -0.171. The first-order chi connectivity index (χ1) is 14.9. The van der Waals surface area contributed by atoms with Crippen LogP contribution in [0.2, 0.25) is 5.02 Å². The van der Waals surface area contributed by atoms with Gasteiger partial charge >= 0.3 is 11.9 Å². The first-order valence-corrected chi connectivity index (χ1v) is 11.7. The Hall–Kier alpha value is -2.21. The van der Waals surface area contributed by atoms with E-state index in [1.807, 2.05) is 0 Å². The highest BCUT2D eigenvalue weighted by Gasteiger charge is 2.53. The summed E-state index contributed by atoms with van der Waals surface area (Å²) in [6.07, 6.45) is 1.35. The molecule has 2 aliphatic rings. The molecular weight excluding hydrogens is 469 g/mol. The van der Waals surface area contributed by atoms with E-state index in [1.165, 1.54) is 7.11 Å². The molecule has 3 rings (SSSR count). The van der Waals surface area contributed by atoms with Crippen molar-refractivity contribution in [1.82, 2.24) is 0 Å². The summed E-state index contributed by atoms with van der Waals surface area (Å²) >= 11 is 5.90. The maximum atomic E-state index is 13.3. The van der Waals surface area contributed by atoms with Gasteiger partial charge in [-0.3, -0.25) is 9.52 Å². The molecule has 9 nitrogen and oxygen atoms in total. The number of halogens is 2. The quantitative estimate of drug-likeness (QED) is 0.557. The van der Waals surface area contributed by atoms with Crippen LogP contribution in [-0.2, 0) is 33.8 Å². The number of esters is 1. The molecule has 2 N–H and O–H groups in total. The van der Waals surface area contributed by atoms with Crippen LogP contribution in [0.15, 0.2) is 29.8 Å². The van der Waals surface area contributed by atoms with Crippen molar-refractivity contribution in [3.8, 4) is 0 Å². The minimum absolute atomic E-state index is 0.0167. The van der Waals surface area contributed by atoms with E-state index in [-0.39, 0.29) is 36.6 Å². The number of carbonyl (C=O) groups excluding carboxylic acids is 1. The summed E-state index contributed by atoms with van der Waals surface area (Å²) in [5.41, 5.74) is -1.53. The van der Waals surface area contributed by atoms with E-state index >= 15 is 0 Å². The zero-order chi connectivity index (χ0) is 23.7. The molecule has 1 aliphatic heterocycles.